The summed E-state index contributed by atoms with van der Waals surface area (Å²) in [5, 5.41) is 14.2. The summed E-state index contributed by atoms with van der Waals surface area (Å²) in [5.41, 5.74) is 3.25. The highest BCUT2D eigenvalue weighted by Crippen LogP contribution is 2.35. The number of carbonyl (C=O) groups is 1. The fourth-order valence-corrected chi connectivity index (χ4v) is 3.58. The largest absolute Gasteiger partial charge is 0.464 e. The molecule has 4 rings (SSSR count). The zero-order valence-corrected chi connectivity index (χ0v) is 17.2. The summed E-state index contributed by atoms with van der Waals surface area (Å²) in [7, 11) is 0. The maximum atomic E-state index is 12.5. The van der Waals surface area contributed by atoms with Gasteiger partial charge in [0.1, 0.15) is 11.2 Å². The summed E-state index contributed by atoms with van der Waals surface area (Å²) in [6.07, 6.45) is 0.873. The summed E-state index contributed by atoms with van der Waals surface area (Å²) in [5.74, 6) is -0.350. The van der Waals surface area contributed by atoms with Crippen molar-refractivity contribution in [3.05, 3.63) is 69.2 Å². The fraction of sp³-hybridized carbons (Fsp3) is 0.217. The van der Waals surface area contributed by atoms with Gasteiger partial charge >= 0.3 is 5.63 Å². The van der Waals surface area contributed by atoms with Gasteiger partial charge in [-0.2, -0.15) is 0 Å². The minimum absolute atomic E-state index is 0.121. The van der Waals surface area contributed by atoms with Crippen LogP contribution in [-0.2, 0) is 11.2 Å². The zero-order valence-electron chi connectivity index (χ0n) is 16.5. The Bertz CT molecular complexity index is 1300. The highest BCUT2D eigenvalue weighted by Gasteiger charge is 2.18. The van der Waals surface area contributed by atoms with E-state index in [1.165, 1.54) is 0 Å². The molecule has 6 nitrogen and oxygen atoms in total. The van der Waals surface area contributed by atoms with Gasteiger partial charge in [-0.25, -0.2) is 4.79 Å². The van der Waals surface area contributed by atoms with Gasteiger partial charge in [-0.05, 0) is 43.2 Å². The number of rotatable bonds is 5. The maximum Gasteiger partial charge on any atom is 0.340 e. The number of aryl methyl sites for hydroxylation is 1. The van der Waals surface area contributed by atoms with E-state index in [0.29, 0.717) is 27.3 Å². The van der Waals surface area contributed by atoms with Crippen LogP contribution in [0.3, 0.4) is 0 Å². The number of fused-ring (bicyclic) bond motifs is 2. The molecule has 0 aliphatic rings. The number of benzene rings is 2. The van der Waals surface area contributed by atoms with Gasteiger partial charge in [0.25, 0.3) is 0 Å². The lowest BCUT2D eigenvalue weighted by Gasteiger charge is -2.10. The lowest BCUT2D eigenvalue weighted by atomic mass is 9.99. The molecular weight excluding hydrogens is 406 g/mol. The van der Waals surface area contributed by atoms with Crippen LogP contribution in [0.4, 0.5) is 0 Å². The van der Waals surface area contributed by atoms with Gasteiger partial charge in [-0.1, -0.05) is 23.7 Å². The molecule has 2 aromatic heterocycles. The first-order valence-corrected chi connectivity index (χ1v) is 9.89. The molecule has 0 aliphatic carbocycles. The van der Waals surface area contributed by atoms with Crippen LogP contribution in [0.5, 0.6) is 0 Å². The quantitative estimate of drug-likeness (QED) is 0.467. The lowest BCUT2D eigenvalue weighted by molar-refractivity contribution is -0.120. The number of aliphatic hydroxyl groups excluding tert-OH is 1. The maximum absolute atomic E-state index is 12.5. The van der Waals surface area contributed by atoms with Crippen LogP contribution in [-0.4, -0.2) is 23.7 Å². The third-order valence-corrected chi connectivity index (χ3v) is 5.32. The van der Waals surface area contributed by atoms with E-state index in [0.717, 1.165) is 21.9 Å². The van der Waals surface area contributed by atoms with Crippen LogP contribution in [0.25, 0.3) is 33.1 Å². The summed E-state index contributed by atoms with van der Waals surface area (Å²) < 4.78 is 11.2. The van der Waals surface area contributed by atoms with E-state index in [4.69, 9.17) is 20.4 Å². The van der Waals surface area contributed by atoms with Crippen LogP contribution in [0.2, 0.25) is 5.02 Å². The van der Waals surface area contributed by atoms with E-state index in [9.17, 15) is 14.7 Å². The third kappa shape index (κ3) is 3.84. The van der Waals surface area contributed by atoms with Crippen LogP contribution in [0.1, 0.15) is 18.1 Å². The number of carbonyl (C=O) groups excluding carboxylic acids is 1. The number of furan rings is 1. The van der Waals surface area contributed by atoms with Crippen LogP contribution < -0.4 is 10.9 Å². The molecule has 154 valence electrons. The van der Waals surface area contributed by atoms with Crippen molar-refractivity contribution in [2.45, 2.75) is 26.4 Å². The van der Waals surface area contributed by atoms with Crippen molar-refractivity contribution < 1.29 is 18.7 Å². The van der Waals surface area contributed by atoms with Crippen LogP contribution in [0, 0.1) is 6.92 Å². The van der Waals surface area contributed by atoms with Crippen molar-refractivity contribution in [1.82, 2.24) is 5.32 Å². The molecule has 2 heterocycles. The molecule has 0 radical (unpaired) electrons. The molecule has 0 aliphatic heterocycles. The molecule has 1 atom stereocenters. The van der Waals surface area contributed by atoms with Gasteiger partial charge in [0.2, 0.25) is 5.91 Å². The molecule has 0 saturated carbocycles. The summed E-state index contributed by atoms with van der Waals surface area (Å²) >= 11 is 5.99. The van der Waals surface area contributed by atoms with Gasteiger partial charge in [-0.15, -0.1) is 0 Å². The smallest absolute Gasteiger partial charge is 0.340 e. The third-order valence-electron chi connectivity index (χ3n) is 5.07. The van der Waals surface area contributed by atoms with Crippen molar-refractivity contribution in [2.75, 3.05) is 6.54 Å². The zero-order chi connectivity index (χ0) is 21.4. The van der Waals surface area contributed by atoms with Gasteiger partial charge in [0.05, 0.1) is 24.4 Å². The Labute approximate surface area is 177 Å². The van der Waals surface area contributed by atoms with Crippen LogP contribution >= 0.6 is 11.6 Å². The summed E-state index contributed by atoms with van der Waals surface area (Å²) in [6.45, 7) is 3.49. The highest BCUT2D eigenvalue weighted by atomic mass is 35.5. The van der Waals surface area contributed by atoms with E-state index in [2.05, 4.69) is 5.32 Å². The lowest BCUT2D eigenvalue weighted by Crippen LogP contribution is -2.33. The van der Waals surface area contributed by atoms with E-state index in [-0.39, 0.29) is 18.9 Å². The van der Waals surface area contributed by atoms with Crippen LogP contribution in [0.15, 0.2) is 56.3 Å². The van der Waals surface area contributed by atoms with Crippen molar-refractivity contribution >= 4 is 39.4 Å². The number of hydrogen-bond acceptors (Lipinski definition) is 5. The number of hydrogen-bond donors (Lipinski definition) is 2. The molecule has 2 N–H and O–H groups in total. The van der Waals surface area contributed by atoms with Gasteiger partial charge in [0.15, 0.2) is 0 Å². The molecule has 2 aromatic carbocycles. The molecule has 4 aromatic rings. The molecule has 7 heteroatoms. The molecule has 0 saturated heterocycles. The minimum atomic E-state index is -0.663. The predicted octanol–water partition coefficient (Wildman–Crippen LogP) is 4.21. The number of amides is 1. The highest BCUT2D eigenvalue weighted by molar-refractivity contribution is 6.30. The second-order valence-corrected chi connectivity index (χ2v) is 7.76. The summed E-state index contributed by atoms with van der Waals surface area (Å²) in [6, 6.07) is 11.0. The first-order valence-electron chi connectivity index (χ1n) is 9.51. The second kappa shape index (κ2) is 7.97. The number of halogens is 1. The molecule has 0 fully saturated rings. The Hall–Kier alpha value is -3.09. The average molecular weight is 426 g/mol. The SMILES string of the molecule is Cc1c(CC(=O)NC[C@@H](C)O)c(=O)oc2cc3occ(-c4ccc(Cl)cc4)c3cc12. The minimum Gasteiger partial charge on any atom is -0.464 e. The Morgan fingerprint density at radius 1 is 1.17 bits per heavy atom. The monoisotopic (exact) mass is 425 g/mol. The molecule has 0 bridgehead atoms. The molecule has 0 unspecified atom stereocenters. The Morgan fingerprint density at radius 3 is 2.60 bits per heavy atom. The van der Waals surface area contributed by atoms with Gasteiger partial charge < -0.3 is 19.3 Å². The molecular formula is C23H20ClNO5. The Morgan fingerprint density at radius 2 is 1.90 bits per heavy atom. The standard InChI is InChI=1S/C23H20ClNO5/c1-12(26)10-25-22(27)8-17-13(2)16-7-18-19(14-3-5-15(24)6-4-14)11-29-20(18)9-21(16)30-23(17)28/h3-7,9,11-12,26H,8,10H2,1-2H3,(H,25,27)/t12-/m1/s1. The molecule has 0 spiro atoms. The van der Waals surface area contributed by atoms with Crippen molar-refractivity contribution in [1.29, 1.82) is 0 Å². The van der Waals surface area contributed by atoms with Gasteiger partial charge in [-0.3, -0.25) is 4.79 Å². The number of nitrogens with one attached hydrogen (secondary N) is 1. The fourth-order valence-electron chi connectivity index (χ4n) is 3.45. The topological polar surface area (TPSA) is 92.7 Å². The van der Waals surface area contributed by atoms with E-state index < -0.39 is 11.7 Å². The molecule has 30 heavy (non-hydrogen) atoms. The number of aliphatic hydroxyl groups is 1. The van der Waals surface area contributed by atoms with Crippen molar-refractivity contribution in [3.63, 3.8) is 0 Å². The van der Waals surface area contributed by atoms with Gasteiger partial charge in [0, 0.05) is 34.0 Å². The van der Waals surface area contributed by atoms with Crippen molar-refractivity contribution in [3.8, 4) is 11.1 Å². The molecule has 1 amide bonds. The van der Waals surface area contributed by atoms with E-state index in [1.807, 2.05) is 30.3 Å². The summed E-state index contributed by atoms with van der Waals surface area (Å²) in [4.78, 5) is 24.6. The Kier molecular flexibility index (Phi) is 5.37. The second-order valence-electron chi connectivity index (χ2n) is 7.32. The Balaban J connectivity index is 1.80. The average Bonchev–Trinajstić information content (AvgIpc) is 3.12. The normalized spacial score (nSPS) is 12.4. The predicted molar refractivity (Wildman–Crippen MR) is 116 cm³/mol. The van der Waals surface area contributed by atoms with Crippen molar-refractivity contribution in [2.24, 2.45) is 0 Å². The van der Waals surface area contributed by atoms with E-state index >= 15 is 0 Å². The first kappa shape index (κ1) is 20.2. The first-order chi connectivity index (χ1) is 14.3. The van der Waals surface area contributed by atoms with E-state index in [1.54, 1.807) is 26.2 Å².